The van der Waals surface area contributed by atoms with Gasteiger partial charge in [-0.15, -0.1) is 0 Å². The van der Waals surface area contributed by atoms with Crippen molar-refractivity contribution in [3.05, 3.63) is 35.9 Å². The number of fused-ring (bicyclic) bond motifs is 2. The van der Waals surface area contributed by atoms with Gasteiger partial charge in [0.05, 0.1) is 4.45 Å². The zero-order valence-corrected chi connectivity index (χ0v) is 12.9. The van der Waals surface area contributed by atoms with Gasteiger partial charge >= 0.3 is 0 Å². The number of nitrogens with zero attached hydrogens (tertiary/aromatic N) is 1. The SMILES string of the molecule is CC1CCC2CC(=O)CC1(Br)N2Cc1ccccc1. The number of halogens is 1. The van der Waals surface area contributed by atoms with Crippen molar-refractivity contribution in [1.29, 1.82) is 0 Å². The van der Waals surface area contributed by atoms with Crippen molar-refractivity contribution < 1.29 is 4.79 Å². The summed E-state index contributed by atoms with van der Waals surface area (Å²) in [5, 5.41) is 0. The van der Waals surface area contributed by atoms with Gasteiger partial charge in [0.25, 0.3) is 0 Å². The molecule has 0 saturated carbocycles. The molecule has 3 unspecified atom stereocenters. The number of carbonyl (C=O) groups excluding carboxylic acids is 1. The molecule has 3 rings (SSSR count). The first-order chi connectivity index (χ1) is 9.09. The van der Waals surface area contributed by atoms with Gasteiger partial charge in [-0.2, -0.15) is 0 Å². The molecule has 0 radical (unpaired) electrons. The van der Waals surface area contributed by atoms with Crippen LogP contribution in [-0.4, -0.2) is 21.2 Å². The molecule has 2 bridgehead atoms. The van der Waals surface area contributed by atoms with Crippen LogP contribution in [0.2, 0.25) is 0 Å². The molecule has 2 aliphatic rings. The highest BCUT2D eigenvalue weighted by atomic mass is 79.9. The van der Waals surface area contributed by atoms with Crippen LogP contribution < -0.4 is 0 Å². The lowest BCUT2D eigenvalue weighted by Crippen LogP contribution is -2.61. The van der Waals surface area contributed by atoms with Gasteiger partial charge in [0.15, 0.2) is 0 Å². The molecule has 1 aromatic rings. The Morgan fingerprint density at radius 3 is 2.79 bits per heavy atom. The molecule has 3 heteroatoms. The smallest absolute Gasteiger partial charge is 0.137 e. The number of carbonyl (C=O) groups is 1. The van der Waals surface area contributed by atoms with E-state index in [2.05, 4.69) is 58.1 Å². The molecule has 102 valence electrons. The molecule has 0 N–H and O–H groups in total. The molecule has 2 nitrogen and oxygen atoms in total. The van der Waals surface area contributed by atoms with Gasteiger partial charge in [-0.3, -0.25) is 9.69 Å². The average molecular weight is 322 g/mol. The minimum atomic E-state index is -0.124. The first-order valence-corrected chi connectivity index (χ1v) is 7.90. The summed E-state index contributed by atoms with van der Waals surface area (Å²) in [7, 11) is 0. The first kappa shape index (κ1) is 13.3. The van der Waals surface area contributed by atoms with Crippen molar-refractivity contribution in [3.63, 3.8) is 0 Å². The lowest BCUT2D eigenvalue weighted by atomic mass is 9.77. The fourth-order valence-corrected chi connectivity index (χ4v) is 4.50. The van der Waals surface area contributed by atoms with Crippen LogP contribution in [0.15, 0.2) is 30.3 Å². The Hall–Kier alpha value is -0.670. The van der Waals surface area contributed by atoms with Crippen molar-refractivity contribution in [1.82, 2.24) is 4.90 Å². The number of ketones is 1. The van der Waals surface area contributed by atoms with E-state index in [4.69, 9.17) is 0 Å². The first-order valence-electron chi connectivity index (χ1n) is 7.11. The van der Waals surface area contributed by atoms with Gasteiger partial charge in [-0.1, -0.05) is 53.2 Å². The Morgan fingerprint density at radius 2 is 2.05 bits per heavy atom. The standard InChI is InChI=1S/C16H20BrNO/c1-12-7-8-14-9-15(19)10-16(12,17)18(14)11-13-5-3-2-4-6-13/h2-6,12,14H,7-11H2,1H3. The predicted octanol–water partition coefficient (Wildman–Crippen LogP) is 3.74. The highest BCUT2D eigenvalue weighted by molar-refractivity contribution is 9.10. The maximum Gasteiger partial charge on any atom is 0.137 e. The van der Waals surface area contributed by atoms with Gasteiger partial charge in [0.2, 0.25) is 0 Å². The summed E-state index contributed by atoms with van der Waals surface area (Å²) < 4.78 is -0.124. The van der Waals surface area contributed by atoms with Crippen LogP contribution in [0, 0.1) is 5.92 Å². The number of piperidine rings is 2. The monoisotopic (exact) mass is 321 g/mol. The van der Waals surface area contributed by atoms with Crippen LogP contribution in [0.3, 0.4) is 0 Å². The van der Waals surface area contributed by atoms with Crippen molar-refractivity contribution in [2.45, 2.75) is 49.6 Å². The zero-order valence-electron chi connectivity index (χ0n) is 11.3. The Bertz CT molecular complexity index is 475. The Kier molecular flexibility index (Phi) is 3.52. The number of hydrogen-bond donors (Lipinski definition) is 0. The van der Waals surface area contributed by atoms with E-state index in [1.54, 1.807) is 0 Å². The van der Waals surface area contributed by atoms with E-state index in [-0.39, 0.29) is 4.45 Å². The molecule has 0 amide bonds. The molecule has 2 saturated heterocycles. The molecule has 1 aromatic carbocycles. The molecule has 0 aromatic heterocycles. The lowest BCUT2D eigenvalue weighted by molar-refractivity contribution is -0.131. The minimum Gasteiger partial charge on any atom is -0.300 e. The van der Waals surface area contributed by atoms with E-state index in [1.165, 1.54) is 12.0 Å². The Labute approximate surface area is 123 Å². The summed E-state index contributed by atoms with van der Waals surface area (Å²) in [6.45, 7) is 3.20. The normalized spacial score (nSPS) is 35.4. The summed E-state index contributed by atoms with van der Waals surface area (Å²) in [6.07, 6.45) is 3.74. The quantitative estimate of drug-likeness (QED) is 0.611. The molecule has 0 spiro atoms. The van der Waals surface area contributed by atoms with Crippen molar-refractivity contribution >= 4 is 21.7 Å². The van der Waals surface area contributed by atoms with Gasteiger partial charge < -0.3 is 0 Å². The lowest BCUT2D eigenvalue weighted by Gasteiger charge is -2.54. The summed E-state index contributed by atoms with van der Waals surface area (Å²) in [5.74, 6) is 0.939. The van der Waals surface area contributed by atoms with E-state index >= 15 is 0 Å². The van der Waals surface area contributed by atoms with E-state index in [0.29, 0.717) is 24.2 Å². The number of Topliss-reactive ketones (excluding diaryl/α,β-unsaturated/α-hetero) is 1. The Balaban J connectivity index is 1.88. The number of rotatable bonds is 2. The van der Waals surface area contributed by atoms with Crippen molar-refractivity contribution in [2.75, 3.05) is 0 Å². The van der Waals surface area contributed by atoms with Crippen molar-refractivity contribution in [2.24, 2.45) is 5.92 Å². The van der Waals surface area contributed by atoms with Crippen LogP contribution in [0.5, 0.6) is 0 Å². The predicted molar refractivity (Wildman–Crippen MR) is 80.1 cm³/mol. The van der Waals surface area contributed by atoms with Crippen LogP contribution in [0.1, 0.15) is 38.2 Å². The molecular formula is C16H20BrNO. The highest BCUT2D eigenvalue weighted by Crippen LogP contribution is 2.48. The van der Waals surface area contributed by atoms with Crippen LogP contribution in [0.4, 0.5) is 0 Å². The molecule has 19 heavy (non-hydrogen) atoms. The Morgan fingerprint density at radius 1 is 1.32 bits per heavy atom. The third-order valence-corrected chi connectivity index (χ3v) is 6.23. The summed E-state index contributed by atoms with van der Waals surface area (Å²) in [4.78, 5) is 14.5. The molecule has 2 fully saturated rings. The van der Waals surface area contributed by atoms with Gasteiger partial charge in [-0.05, 0) is 24.3 Å². The maximum absolute atomic E-state index is 12.0. The van der Waals surface area contributed by atoms with Gasteiger partial charge in [0.1, 0.15) is 5.78 Å². The second kappa shape index (κ2) is 5.02. The molecule has 0 aliphatic carbocycles. The number of alkyl halides is 1. The zero-order chi connectivity index (χ0) is 13.5. The third-order valence-electron chi connectivity index (χ3n) is 4.71. The van der Waals surface area contributed by atoms with Crippen LogP contribution in [0.25, 0.3) is 0 Å². The molecule has 3 atom stereocenters. The van der Waals surface area contributed by atoms with E-state index < -0.39 is 0 Å². The van der Waals surface area contributed by atoms with Crippen LogP contribution >= 0.6 is 15.9 Å². The van der Waals surface area contributed by atoms with Crippen molar-refractivity contribution in [3.8, 4) is 0 Å². The number of hydrogen-bond acceptors (Lipinski definition) is 2. The average Bonchev–Trinajstić information content (AvgIpc) is 2.39. The fraction of sp³-hybridized carbons (Fsp3) is 0.562. The maximum atomic E-state index is 12.0. The summed E-state index contributed by atoms with van der Waals surface area (Å²) in [6, 6.07) is 11.0. The highest BCUT2D eigenvalue weighted by Gasteiger charge is 2.50. The molecule has 2 heterocycles. The third kappa shape index (κ3) is 2.38. The van der Waals surface area contributed by atoms with E-state index in [1.807, 2.05) is 0 Å². The summed E-state index contributed by atoms with van der Waals surface area (Å²) in [5.41, 5.74) is 1.33. The topological polar surface area (TPSA) is 20.3 Å². The largest absolute Gasteiger partial charge is 0.300 e. The minimum absolute atomic E-state index is 0.124. The van der Waals surface area contributed by atoms with Gasteiger partial charge in [-0.25, -0.2) is 0 Å². The van der Waals surface area contributed by atoms with Gasteiger partial charge in [0, 0.05) is 25.4 Å². The second-order valence-corrected chi connectivity index (χ2v) is 7.36. The summed E-state index contributed by atoms with van der Waals surface area (Å²) >= 11 is 3.92. The fourth-order valence-electron chi connectivity index (χ4n) is 3.55. The van der Waals surface area contributed by atoms with Crippen LogP contribution in [-0.2, 0) is 11.3 Å². The number of benzene rings is 1. The second-order valence-electron chi connectivity index (χ2n) is 5.98. The molecular weight excluding hydrogens is 302 g/mol. The molecule has 2 aliphatic heterocycles. The van der Waals surface area contributed by atoms with E-state index in [0.717, 1.165) is 19.4 Å². The van der Waals surface area contributed by atoms with E-state index in [9.17, 15) is 4.79 Å².